The minimum atomic E-state index is 0.0109. The van der Waals surface area contributed by atoms with Crippen LogP contribution in [0.4, 0.5) is 0 Å². The highest BCUT2D eigenvalue weighted by Crippen LogP contribution is 2.40. The fraction of sp³-hybridized carbons (Fsp3) is 0.286. The predicted molar refractivity (Wildman–Crippen MR) is 120 cm³/mol. The van der Waals surface area contributed by atoms with Crippen LogP contribution < -0.4 is 0 Å². The van der Waals surface area contributed by atoms with E-state index < -0.39 is 0 Å². The predicted octanol–water partition coefficient (Wildman–Crippen LogP) is 4.77. The van der Waals surface area contributed by atoms with Crippen LogP contribution in [0.1, 0.15) is 27.1 Å². The fourth-order valence-corrected chi connectivity index (χ4v) is 6.40. The van der Waals surface area contributed by atoms with E-state index in [1.165, 1.54) is 27.1 Å². The molecule has 5 heterocycles. The van der Waals surface area contributed by atoms with E-state index in [0.717, 1.165) is 35.3 Å². The van der Waals surface area contributed by atoms with E-state index in [4.69, 9.17) is 4.42 Å². The normalized spacial score (nSPS) is 16.1. The number of amides is 1. The largest absolute Gasteiger partial charge is 0.469 e. The second kappa shape index (κ2) is 8.05. The van der Waals surface area contributed by atoms with Gasteiger partial charge in [0.2, 0.25) is 5.91 Å². The molecule has 1 atom stereocenters. The molecule has 0 fully saturated rings. The molecule has 0 saturated carbocycles. The van der Waals surface area contributed by atoms with Gasteiger partial charge in [-0.1, -0.05) is 17.8 Å². The molecule has 9 heteroatoms. The molecule has 5 rings (SSSR count). The molecule has 1 aliphatic rings. The summed E-state index contributed by atoms with van der Waals surface area (Å²) in [6.45, 7) is 2.65. The minimum Gasteiger partial charge on any atom is -0.469 e. The minimum absolute atomic E-state index is 0.0109. The van der Waals surface area contributed by atoms with Gasteiger partial charge in [-0.3, -0.25) is 4.79 Å². The molecule has 1 aliphatic heterocycles. The van der Waals surface area contributed by atoms with Crippen molar-refractivity contribution in [2.45, 2.75) is 24.5 Å². The SMILES string of the molecule is Cc1occc1-c1nnc(SCC(=O)N2CCc3sccc3[C@@H]2c2cccs2)n1C. The molecule has 0 radical (unpaired) electrons. The second-order valence-corrected chi connectivity index (χ2v) is 10.0. The van der Waals surface area contributed by atoms with Crippen molar-refractivity contribution in [1.82, 2.24) is 19.7 Å². The van der Waals surface area contributed by atoms with Crippen LogP contribution in [-0.4, -0.2) is 37.9 Å². The van der Waals surface area contributed by atoms with E-state index in [0.29, 0.717) is 5.75 Å². The monoisotopic (exact) mass is 456 g/mol. The highest BCUT2D eigenvalue weighted by Gasteiger charge is 2.33. The van der Waals surface area contributed by atoms with Crippen molar-refractivity contribution in [1.29, 1.82) is 0 Å². The van der Waals surface area contributed by atoms with Crippen molar-refractivity contribution in [2.24, 2.45) is 7.05 Å². The molecule has 0 unspecified atom stereocenters. The maximum absolute atomic E-state index is 13.3. The van der Waals surface area contributed by atoms with Crippen LogP contribution in [0.25, 0.3) is 11.4 Å². The van der Waals surface area contributed by atoms with E-state index in [9.17, 15) is 4.79 Å². The second-order valence-electron chi connectivity index (χ2n) is 7.10. The Morgan fingerprint density at radius 3 is 2.93 bits per heavy atom. The number of rotatable bonds is 5. The smallest absolute Gasteiger partial charge is 0.233 e. The topological polar surface area (TPSA) is 64.2 Å². The molecular weight excluding hydrogens is 436 g/mol. The number of carbonyl (C=O) groups is 1. The number of thiophene rings is 2. The summed E-state index contributed by atoms with van der Waals surface area (Å²) in [7, 11) is 1.92. The molecule has 6 nitrogen and oxygen atoms in total. The Balaban J connectivity index is 1.35. The fourth-order valence-electron chi connectivity index (χ4n) is 3.84. The summed E-state index contributed by atoms with van der Waals surface area (Å²) in [6.07, 6.45) is 2.56. The number of furan rings is 1. The molecule has 1 amide bonds. The van der Waals surface area contributed by atoms with Gasteiger partial charge in [0, 0.05) is 23.3 Å². The number of thioether (sulfide) groups is 1. The lowest BCUT2D eigenvalue weighted by atomic mass is 9.98. The summed E-state index contributed by atoms with van der Waals surface area (Å²) < 4.78 is 7.30. The van der Waals surface area contributed by atoms with Crippen molar-refractivity contribution in [3.8, 4) is 11.4 Å². The summed E-state index contributed by atoms with van der Waals surface area (Å²) >= 11 is 4.92. The molecule has 154 valence electrons. The molecular formula is C21H20N4O2S3. The third-order valence-corrected chi connectivity index (χ3v) is 8.28. The van der Waals surface area contributed by atoms with Crippen molar-refractivity contribution in [2.75, 3.05) is 12.3 Å². The van der Waals surface area contributed by atoms with Gasteiger partial charge < -0.3 is 13.9 Å². The zero-order chi connectivity index (χ0) is 20.7. The summed E-state index contributed by atoms with van der Waals surface area (Å²) in [5.74, 6) is 2.00. The Labute approximate surface area is 186 Å². The van der Waals surface area contributed by atoms with E-state index in [1.54, 1.807) is 28.9 Å². The van der Waals surface area contributed by atoms with Crippen LogP contribution in [0.5, 0.6) is 0 Å². The lowest BCUT2D eigenvalue weighted by Gasteiger charge is -2.35. The average Bonchev–Trinajstić information content (AvgIpc) is 3.53. The number of nitrogens with zero attached hydrogens (tertiary/aromatic N) is 4. The van der Waals surface area contributed by atoms with Gasteiger partial charge in [0.15, 0.2) is 11.0 Å². The Hall–Kier alpha value is -2.36. The van der Waals surface area contributed by atoms with Gasteiger partial charge in [-0.25, -0.2) is 0 Å². The summed E-state index contributed by atoms with van der Waals surface area (Å²) in [5, 5.41) is 13.5. The number of carbonyl (C=O) groups excluding carboxylic acids is 1. The number of hydrogen-bond donors (Lipinski definition) is 0. The first kappa shape index (κ1) is 19.6. The van der Waals surface area contributed by atoms with Gasteiger partial charge in [-0.05, 0) is 47.9 Å². The van der Waals surface area contributed by atoms with Crippen LogP contribution in [0.15, 0.2) is 50.9 Å². The summed E-state index contributed by atoms with van der Waals surface area (Å²) in [6, 6.07) is 8.24. The average molecular weight is 457 g/mol. The van der Waals surface area contributed by atoms with Crippen LogP contribution in [0.2, 0.25) is 0 Å². The lowest BCUT2D eigenvalue weighted by Crippen LogP contribution is -2.40. The summed E-state index contributed by atoms with van der Waals surface area (Å²) in [5.41, 5.74) is 2.19. The van der Waals surface area contributed by atoms with Gasteiger partial charge in [-0.15, -0.1) is 32.9 Å². The molecule has 0 aromatic carbocycles. The molecule has 4 aromatic rings. The highest BCUT2D eigenvalue weighted by molar-refractivity contribution is 7.99. The van der Waals surface area contributed by atoms with Gasteiger partial charge in [0.25, 0.3) is 0 Å². The third-order valence-electron chi connectivity index (χ3n) is 5.36. The van der Waals surface area contributed by atoms with Crippen molar-refractivity contribution >= 4 is 40.3 Å². The first-order chi connectivity index (χ1) is 14.6. The first-order valence-corrected chi connectivity index (χ1v) is 12.3. The summed E-state index contributed by atoms with van der Waals surface area (Å²) in [4.78, 5) is 17.9. The van der Waals surface area contributed by atoms with Gasteiger partial charge in [0.1, 0.15) is 5.76 Å². The van der Waals surface area contributed by atoms with E-state index >= 15 is 0 Å². The Morgan fingerprint density at radius 1 is 1.27 bits per heavy atom. The standard InChI is InChI=1S/C21H20N4O2S3/c1-13-14(6-9-27-13)20-22-23-21(24(20)2)30-12-18(26)25-8-5-16-15(7-11-29-16)19(25)17-4-3-10-28-17/h3-4,6-7,9-11,19H,5,8,12H2,1-2H3/t19-/m1/s1. The molecule has 0 spiro atoms. The zero-order valence-corrected chi connectivity index (χ0v) is 19.0. The maximum Gasteiger partial charge on any atom is 0.233 e. The molecule has 30 heavy (non-hydrogen) atoms. The molecule has 4 aromatic heterocycles. The van der Waals surface area contributed by atoms with Crippen molar-refractivity contribution in [3.05, 3.63) is 62.4 Å². The van der Waals surface area contributed by atoms with E-state index in [-0.39, 0.29) is 11.9 Å². The lowest BCUT2D eigenvalue weighted by molar-refractivity contribution is -0.130. The van der Waals surface area contributed by atoms with Crippen LogP contribution in [0, 0.1) is 6.92 Å². The number of fused-ring (bicyclic) bond motifs is 1. The maximum atomic E-state index is 13.3. The number of hydrogen-bond acceptors (Lipinski definition) is 7. The van der Waals surface area contributed by atoms with Crippen molar-refractivity contribution in [3.63, 3.8) is 0 Å². The van der Waals surface area contributed by atoms with Gasteiger partial charge >= 0.3 is 0 Å². The first-order valence-electron chi connectivity index (χ1n) is 9.59. The third kappa shape index (κ3) is 3.40. The van der Waals surface area contributed by atoms with Crippen molar-refractivity contribution < 1.29 is 9.21 Å². The van der Waals surface area contributed by atoms with Crippen LogP contribution >= 0.6 is 34.4 Å². The molecule has 0 saturated heterocycles. The quantitative estimate of drug-likeness (QED) is 0.405. The zero-order valence-electron chi connectivity index (χ0n) is 16.6. The Morgan fingerprint density at radius 2 is 2.17 bits per heavy atom. The van der Waals surface area contributed by atoms with Gasteiger partial charge in [0.05, 0.1) is 23.6 Å². The Kier molecular flexibility index (Phi) is 5.26. The Bertz CT molecular complexity index is 1170. The molecule has 0 bridgehead atoms. The van der Waals surface area contributed by atoms with Crippen LogP contribution in [-0.2, 0) is 18.3 Å². The highest BCUT2D eigenvalue weighted by atomic mass is 32.2. The van der Waals surface area contributed by atoms with Crippen LogP contribution in [0.3, 0.4) is 0 Å². The van der Waals surface area contributed by atoms with E-state index in [1.807, 2.05) is 29.5 Å². The van der Waals surface area contributed by atoms with Gasteiger partial charge in [-0.2, -0.15) is 0 Å². The number of aromatic nitrogens is 3. The number of aryl methyl sites for hydroxylation is 1. The molecule has 0 aliphatic carbocycles. The molecule has 0 N–H and O–H groups in total. The van der Waals surface area contributed by atoms with E-state index in [2.05, 4.69) is 39.2 Å².